The molecule has 15 heavy (non-hydrogen) atoms. The summed E-state index contributed by atoms with van der Waals surface area (Å²) in [5.74, 6) is 0.712. The minimum absolute atomic E-state index is 0.0324. The van der Waals surface area contributed by atoms with Gasteiger partial charge in [-0.2, -0.15) is 0 Å². The van der Waals surface area contributed by atoms with E-state index in [1.54, 1.807) is 0 Å². The van der Waals surface area contributed by atoms with E-state index < -0.39 is 0 Å². The van der Waals surface area contributed by atoms with E-state index in [4.69, 9.17) is 0 Å². The molecule has 0 aliphatic heterocycles. The average molecular weight is 207 g/mol. The van der Waals surface area contributed by atoms with Gasteiger partial charge >= 0.3 is 0 Å². The van der Waals surface area contributed by atoms with Crippen molar-refractivity contribution < 1.29 is 4.79 Å². The van der Waals surface area contributed by atoms with E-state index >= 15 is 0 Å². The first-order valence-corrected chi connectivity index (χ1v) is 5.09. The number of carbonyl (C=O) groups is 1. The summed E-state index contributed by atoms with van der Waals surface area (Å²) in [6.45, 7) is 7.77. The predicted molar refractivity (Wildman–Crippen MR) is 59.6 cm³/mol. The van der Waals surface area contributed by atoms with Crippen LogP contribution in [0.2, 0.25) is 0 Å². The number of carbonyl (C=O) groups excluding carboxylic acids is 1. The first kappa shape index (κ1) is 11.6. The molecule has 1 aromatic rings. The fourth-order valence-corrected chi connectivity index (χ4v) is 1.33. The topological polar surface area (TPSA) is 54.9 Å². The van der Waals surface area contributed by atoms with E-state index in [9.17, 15) is 4.79 Å². The Morgan fingerprint density at radius 1 is 1.33 bits per heavy atom. The van der Waals surface area contributed by atoms with Crippen LogP contribution in [0.15, 0.2) is 6.07 Å². The highest BCUT2D eigenvalue weighted by atomic mass is 16.1. The number of amides is 1. The second-order valence-electron chi connectivity index (χ2n) is 4.12. The number of aromatic nitrogens is 2. The molecule has 1 amide bonds. The van der Waals surface area contributed by atoms with Gasteiger partial charge in [-0.25, -0.2) is 9.97 Å². The van der Waals surface area contributed by atoms with Gasteiger partial charge in [0.1, 0.15) is 0 Å². The molecule has 0 saturated heterocycles. The molecule has 0 atom stereocenters. The standard InChI is InChI=1S/C11H17N3O/c1-7(2)5-10(15)14-11-12-8(3)6-9(4)13-11/h6-7H,5H2,1-4H3,(H,12,13,14,15). The molecule has 0 aromatic carbocycles. The maximum atomic E-state index is 11.5. The molecule has 0 saturated carbocycles. The Morgan fingerprint density at radius 2 is 1.87 bits per heavy atom. The largest absolute Gasteiger partial charge is 0.295 e. The zero-order valence-electron chi connectivity index (χ0n) is 9.66. The lowest BCUT2D eigenvalue weighted by molar-refractivity contribution is -0.116. The normalized spacial score (nSPS) is 10.5. The molecule has 0 unspecified atom stereocenters. The van der Waals surface area contributed by atoms with Crippen molar-refractivity contribution in [3.63, 3.8) is 0 Å². The van der Waals surface area contributed by atoms with Gasteiger partial charge in [0.15, 0.2) is 0 Å². The number of aryl methyl sites for hydroxylation is 2. The van der Waals surface area contributed by atoms with Crippen molar-refractivity contribution in [1.29, 1.82) is 0 Å². The van der Waals surface area contributed by atoms with Crippen LogP contribution in [0, 0.1) is 19.8 Å². The van der Waals surface area contributed by atoms with Gasteiger partial charge < -0.3 is 0 Å². The summed E-state index contributed by atoms with van der Waals surface area (Å²) in [5, 5.41) is 2.69. The molecule has 82 valence electrons. The molecule has 1 rings (SSSR count). The van der Waals surface area contributed by atoms with E-state index in [2.05, 4.69) is 15.3 Å². The monoisotopic (exact) mass is 207 g/mol. The maximum Gasteiger partial charge on any atom is 0.229 e. The average Bonchev–Trinajstić information content (AvgIpc) is 1.98. The van der Waals surface area contributed by atoms with E-state index in [0.29, 0.717) is 18.3 Å². The first-order chi connectivity index (χ1) is 6.97. The number of rotatable bonds is 3. The third-order valence-corrected chi connectivity index (χ3v) is 1.83. The van der Waals surface area contributed by atoms with Crippen LogP contribution in [-0.4, -0.2) is 15.9 Å². The van der Waals surface area contributed by atoms with Crippen molar-refractivity contribution in [1.82, 2.24) is 9.97 Å². The fourth-order valence-electron chi connectivity index (χ4n) is 1.33. The summed E-state index contributed by atoms with van der Waals surface area (Å²) in [6.07, 6.45) is 0.496. The quantitative estimate of drug-likeness (QED) is 0.825. The van der Waals surface area contributed by atoms with Crippen molar-refractivity contribution in [2.75, 3.05) is 5.32 Å². The Morgan fingerprint density at radius 3 is 2.33 bits per heavy atom. The van der Waals surface area contributed by atoms with Gasteiger partial charge in [-0.15, -0.1) is 0 Å². The first-order valence-electron chi connectivity index (χ1n) is 5.09. The summed E-state index contributed by atoms with van der Waals surface area (Å²) >= 11 is 0. The van der Waals surface area contributed by atoms with Crippen LogP contribution in [-0.2, 0) is 4.79 Å². The van der Waals surface area contributed by atoms with Gasteiger partial charge in [0.2, 0.25) is 11.9 Å². The zero-order chi connectivity index (χ0) is 11.4. The van der Waals surface area contributed by atoms with Crippen molar-refractivity contribution >= 4 is 11.9 Å². The number of anilines is 1. The van der Waals surface area contributed by atoms with Crippen LogP contribution < -0.4 is 5.32 Å². The van der Waals surface area contributed by atoms with Crippen molar-refractivity contribution in [3.8, 4) is 0 Å². The van der Waals surface area contributed by atoms with Gasteiger partial charge in [-0.05, 0) is 25.8 Å². The second-order valence-corrected chi connectivity index (χ2v) is 4.12. The Hall–Kier alpha value is -1.45. The van der Waals surface area contributed by atoms with Crippen LogP contribution in [0.1, 0.15) is 31.7 Å². The van der Waals surface area contributed by atoms with E-state index in [1.807, 2.05) is 33.8 Å². The number of hydrogen-bond acceptors (Lipinski definition) is 3. The Kier molecular flexibility index (Phi) is 3.77. The number of hydrogen-bond donors (Lipinski definition) is 1. The molecule has 0 fully saturated rings. The van der Waals surface area contributed by atoms with Crippen molar-refractivity contribution in [2.24, 2.45) is 5.92 Å². The predicted octanol–water partition coefficient (Wildman–Crippen LogP) is 2.08. The molecule has 0 bridgehead atoms. The number of nitrogens with one attached hydrogen (secondary N) is 1. The summed E-state index contributed by atoms with van der Waals surface area (Å²) in [4.78, 5) is 19.7. The van der Waals surface area contributed by atoms with E-state index in [0.717, 1.165) is 11.4 Å². The highest BCUT2D eigenvalue weighted by molar-refractivity contribution is 5.89. The van der Waals surface area contributed by atoms with Gasteiger partial charge in [0, 0.05) is 17.8 Å². The Balaban J connectivity index is 2.68. The lowest BCUT2D eigenvalue weighted by atomic mass is 10.1. The molecule has 4 heteroatoms. The summed E-state index contributed by atoms with van der Waals surface area (Å²) in [6, 6.07) is 1.87. The number of nitrogens with zero attached hydrogens (tertiary/aromatic N) is 2. The van der Waals surface area contributed by atoms with Crippen LogP contribution in [0.5, 0.6) is 0 Å². The SMILES string of the molecule is Cc1cc(C)nc(NC(=O)CC(C)C)n1. The molecule has 1 heterocycles. The maximum absolute atomic E-state index is 11.5. The summed E-state index contributed by atoms with van der Waals surface area (Å²) in [5.41, 5.74) is 1.73. The van der Waals surface area contributed by atoms with Crippen molar-refractivity contribution in [3.05, 3.63) is 17.5 Å². The van der Waals surface area contributed by atoms with Crippen molar-refractivity contribution in [2.45, 2.75) is 34.1 Å². The molecule has 4 nitrogen and oxygen atoms in total. The molecule has 0 spiro atoms. The molecule has 0 radical (unpaired) electrons. The third kappa shape index (κ3) is 4.06. The van der Waals surface area contributed by atoms with Crippen LogP contribution in [0.3, 0.4) is 0 Å². The van der Waals surface area contributed by atoms with E-state index in [1.165, 1.54) is 0 Å². The second kappa shape index (κ2) is 4.87. The molecule has 1 aromatic heterocycles. The summed E-state index contributed by atoms with van der Waals surface area (Å²) in [7, 11) is 0. The van der Waals surface area contributed by atoms with Crippen LogP contribution in [0.4, 0.5) is 5.95 Å². The minimum atomic E-state index is -0.0324. The molecular formula is C11H17N3O. The Labute approximate surface area is 90.1 Å². The lowest BCUT2D eigenvalue weighted by Gasteiger charge is -2.06. The third-order valence-electron chi connectivity index (χ3n) is 1.83. The molecule has 0 aliphatic rings. The van der Waals surface area contributed by atoms with Gasteiger partial charge in [-0.3, -0.25) is 10.1 Å². The van der Waals surface area contributed by atoms with Crippen LogP contribution in [0.25, 0.3) is 0 Å². The molecule has 0 aliphatic carbocycles. The summed E-state index contributed by atoms with van der Waals surface area (Å²) < 4.78 is 0. The lowest BCUT2D eigenvalue weighted by Crippen LogP contribution is -2.16. The fraction of sp³-hybridized carbons (Fsp3) is 0.545. The van der Waals surface area contributed by atoms with Gasteiger partial charge in [0.05, 0.1) is 0 Å². The molecular weight excluding hydrogens is 190 g/mol. The van der Waals surface area contributed by atoms with Crippen LogP contribution >= 0.6 is 0 Å². The highest BCUT2D eigenvalue weighted by Crippen LogP contribution is 2.06. The van der Waals surface area contributed by atoms with Gasteiger partial charge in [-0.1, -0.05) is 13.8 Å². The Bertz CT molecular complexity index is 341. The zero-order valence-corrected chi connectivity index (χ0v) is 9.66. The molecule has 1 N–H and O–H groups in total. The highest BCUT2D eigenvalue weighted by Gasteiger charge is 2.07. The van der Waals surface area contributed by atoms with E-state index in [-0.39, 0.29) is 5.91 Å². The minimum Gasteiger partial charge on any atom is -0.295 e. The van der Waals surface area contributed by atoms with Gasteiger partial charge in [0.25, 0.3) is 0 Å². The smallest absolute Gasteiger partial charge is 0.229 e.